The van der Waals surface area contributed by atoms with E-state index in [1.807, 2.05) is 24.3 Å². The third-order valence-electron chi connectivity index (χ3n) is 6.04. The standard InChI is InChI=1S/C27H36N2O2/c1-26(2,3)20-10-12-24(30)18(14-20)16-28-22-8-7-9-23(22)29-17-19-15-21(27(4,5)6)11-13-25(19)31/h10-17,22-23,30-31H,7-9H2,1-6H3. The van der Waals surface area contributed by atoms with E-state index < -0.39 is 0 Å². The lowest BCUT2D eigenvalue weighted by atomic mass is 9.86. The molecular formula is C27H36N2O2. The van der Waals surface area contributed by atoms with Crippen LogP contribution in [0.3, 0.4) is 0 Å². The van der Waals surface area contributed by atoms with Crippen LogP contribution in [0.2, 0.25) is 0 Å². The molecule has 1 aliphatic carbocycles. The number of phenols is 2. The molecule has 0 aliphatic heterocycles. The molecule has 2 unspecified atom stereocenters. The Hall–Kier alpha value is -2.62. The summed E-state index contributed by atoms with van der Waals surface area (Å²) in [6.45, 7) is 13.0. The maximum atomic E-state index is 10.3. The van der Waals surface area contributed by atoms with Gasteiger partial charge in [0, 0.05) is 23.6 Å². The van der Waals surface area contributed by atoms with Gasteiger partial charge in [-0.25, -0.2) is 0 Å². The number of aliphatic imine (C=N–C) groups is 2. The van der Waals surface area contributed by atoms with E-state index in [2.05, 4.69) is 41.5 Å². The second kappa shape index (κ2) is 8.86. The first-order chi connectivity index (χ1) is 14.4. The van der Waals surface area contributed by atoms with Crippen LogP contribution in [0.1, 0.15) is 83.1 Å². The van der Waals surface area contributed by atoms with E-state index in [-0.39, 0.29) is 34.4 Å². The third-order valence-corrected chi connectivity index (χ3v) is 6.04. The van der Waals surface area contributed by atoms with Crippen molar-refractivity contribution in [3.05, 3.63) is 58.7 Å². The van der Waals surface area contributed by atoms with Crippen molar-refractivity contribution in [3.8, 4) is 11.5 Å². The summed E-state index contributed by atoms with van der Waals surface area (Å²) in [7, 11) is 0. The molecule has 1 aliphatic rings. The van der Waals surface area contributed by atoms with E-state index in [0.29, 0.717) is 0 Å². The minimum atomic E-state index is 0.0140. The Morgan fingerprint density at radius 1 is 0.710 bits per heavy atom. The Morgan fingerprint density at radius 2 is 1.10 bits per heavy atom. The van der Waals surface area contributed by atoms with Crippen molar-refractivity contribution in [2.24, 2.45) is 9.98 Å². The molecule has 3 rings (SSSR count). The van der Waals surface area contributed by atoms with E-state index >= 15 is 0 Å². The first-order valence-corrected chi connectivity index (χ1v) is 11.2. The van der Waals surface area contributed by atoms with E-state index in [9.17, 15) is 10.2 Å². The van der Waals surface area contributed by atoms with Crippen molar-refractivity contribution >= 4 is 12.4 Å². The van der Waals surface area contributed by atoms with Gasteiger partial charge >= 0.3 is 0 Å². The van der Waals surface area contributed by atoms with Crippen LogP contribution in [-0.2, 0) is 10.8 Å². The summed E-state index contributed by atoms with van der Waals surface area (Å²) in [6, 6.07) is 11.6. The lowest BCUT2D eigenvalue weighted by Crippen LogP contribution is -2.16. The molecule has 166 valence electrons. The predicted octanol–water partition coefficient (Wildman–Crippen LogP) is 6.15. The Morgan fingerprint density at radius 3 is 1.45 bits per heavy atom. The number of aromatic hydroxyl groups is 2. The second-order valence-corrected chi connectivity index (χ2v) is 10.7. The molecule has 0 bridgehead atoms. The lowest BCUT2D eigenvalue weighted by molar-refractivity contribution is 0.472. The molecule has 0 spiro atoms. The molecule has 0 aromatic heterocycles. The number of hydrogen-bond acceptors (Lipinski definition) is 4. The molecule has 4 nitrogen and oxygen atoms in total. The van der Waals surface area contributed by atoms with Crippen LogP contribution < -0.4 is 0 Å². The van der Waals surface area contributed by atoms with Crippen molar-refractivity contribution in [3.63, 3.8) is 0 Å². The molecule has 4 heteroatoms. The summed E-state index contributed by atoms with van der Waals surface area (Å²) < 4.78 is 0. The summed E-state index contributed by atoms with van der Waals surface area (Å²) in [4.78, 5) is 9.58. The largest absolute Gasteiger partial charge is 0.507 e. The number of rotatable bonds is 4. The Labute approximate surface area is 186 Å². The van der Waals surface area contributed by atoms with Gasteiger partial charge in [-0.1, -0.05) is 53.7 Å². The summed E-state index contributed by atoms with van der Waals surface area (Å²) in [6.07, 6.45) is 6.62. The van der Waals surface area contributed by atoms with Crippen molar-refractivity contribution in [1.29, 1.82) is 0 Å². The Bertz CT molecular complexity index is 898. The highest BCUT2D eigenvalue weighted by Gasteiger charge is 2.26. The van der Waals surface area contributed by atoms with Crippen LogP contribution in [0.25, 0.3) is 0 Å². The third kappa shape index (κ3) is 5.75. The molecule has 0 radical (unpaired) electrons. The maximum absolute atomic E-state index is 10.3. The van der Waals surface area contributed by atoms with Crippen LogP contribution in [-0.4, -0.2) is 34.7 Å². The van der Waals surface area contributed by atoms with Gasteiger partial charge in [0.2, 0.25) is 0 Å². The lowest BCUT2D eigenvalue weighted by Gasteiger charge is -2.20. The fourth-order valence-corrected chi connectivity index (χ4v) is 3.87. The quantitative estimate of drug-likeness (QED) is 0.582. The summed E-state index contributed by atoms with van der Waals surface area (Å²) in [5, 5.41) is 20.5. The van der Waals surface area contributed by atoms with Gasteiger partial charge in [-0.3, -0.25) is 9.98 Å². The highest BCUT2D eigenvalue weighted by molar-refractivity contribution is 5.85. The number of benzene rings is 2. The molecule has 31 heavy (non-hydrogen) atoms. The zero-order chi connectivity index (χ0) is 22.8. The topological polar surface area (TPSA) is 65.2 Å². The van der Waals surface area contributed by atoms with Gasteiger partial charge in [-0.2, -0.15) is 0 Å². The smallest absolute Gasteiger partial charge is 0.124 e. The molecule has 1 fully saturated rings. The Kier molecular flexibility index (Phi) is 6.59. The highest BCUT2D eigenvalue weighted by Crippen LogP contribution is 2.30. The average molecular weight is 421 g/mol. The molecular weight excluding hydrogens is 384 g/mol. The van der Waals surface area contributed by atoms with Crippen molar-refractivity contribution in [2.45, 2.75) is 83.7 Å². The van der Waals surface area contributed by atoms with Gasteiger partial charge in [-0.05, 0) is 65.5 Å². The highest BCUT2D eigenvalue weighted by atomic mass is 16.3. The zero-order valence-corrected chi connectivity index (χ0v) is 19.7. The van der Waals surface area contributed by atoms with E-state index in [1.54, 1.807) is 24.6 Å². The van der Waals surface area contributed by atoms with Gasteiger partial charge in [0.15, 0.2) is 0 Å². The first kappa shape index (κ1) is 23.1. The molecule has 0 saturated heterocycles. The normalized spacial score (nSPS) is 20.2. The SMILES string of the molecule is CC(C)(C)c1ccc(O)c(C=NC2CCCC2N=Cc2cc(C(C)(C)C)ccc2O)c1. The monoisotopic (exact) mass is 420 g/mol. The van der Waals surface area contributed by atoms with Gasteiger partial charge < -0.3 is 10.2 Å². The van der Waals surface area contributed by atoms with E-state index in [0.717, 1.165) is 30.4 Å². The second-order valence-electron chi connectivity index (χ2n) is 10.7. The van der Waals surface area contributed by atoms with Crippen molar-refractivity contribution in [2.75, 3.05) is 0 Å². The fourth-order valence-electron chi connectivity index (χ4n) is 3.87. The minimum absolute atomic E-state index is 0.0140. The van der Waals surface area contributed by atoms with Crippen LogP contribution >= 0.6 is 0 Å². The Balaban J connectivity index is 1.78. The van der Waals surface area contributed by atoms with E-state index in [1.165, 1.54) is 11.1 Å². The summed E-state index contributed by atoms with van der Waals surface area (Å²) in [5.41, 5.74) is 3.86. The van der Waals surface area contributed by atoms with Gasteiger partial charge in [0.1, 0.15) is 11.5 Å². The molecule has 2 N–H and O–H groups in total. The molecule has 2 aromatic rings. The van der Waals surface area contributed by atoms with Crippen LogP contribution in [0.4, 0.5) is 0 Å². The van der Waals surface area contributed by atoms with Gasteiger partial charge in [-0.15, -0.1) is 0 Å². The zero-order valence-electron chi connectivity index (χ0n) is 19.7. The van der Waals surface area contributed by atoms with Crippen LogP contribution in [0, 0.1) is 0 Å². The molecule has 2 aromatic carbocycles. The van der Waals surface area contributed by atoms with Crippen molar-refractivity contribution in [1.82, 2.24) is 0 Å². The van der Waals surface area contributed by atoms with Gasteiger partial charge in [0.25, 0.3) is 0 Å². The van der Waals surface area contributed by atoms with E-state index in [4.69, 9.17) is 9.98 Å². The average Bonchev–Trinajstić information content (AvgIpc) is 3.12. The number of nitrogens with zero attached hydrogens (tertiary/aromatic N) is 2. The molecule has 0 heterocycles. The first-order valence-electron chi connectivity index (χ1n) is 11.2. The fraction of sp³-hybridized carbons (Fsp3) is 0.481. The van der Waals surface area contributed by atoms with Crippen LogP contribution in [0.15, 0.2) is 46.4 Å². The summed E-state index contributed by atoms with van der Waals surface area (Å²) in [5.74, 6) is 0.498. The summed E-state index contributed by atoms with van der Waals surface area (Å²) >= 11 is 0. The van der Waals surface area contributed by atoms with Gasteiger partial charge in [0.05, 0.1) is 12.1 Å². The number of phenolic OH excluding ortho intramolecular Hbond substituents is 2. The van der Waals surface area contributed by atoms with Crippen LogP contribution in [0.5, 0.6) is 11.5 Å². The predicted molar refractivity (Wildman–Crippen MR) is 130 cm³/mol. The van der Waals surface area contributed by atoms with Crippen molar-refractivity contribution < 1.29 is 10.2 Å². The number of hydrogen-bond donors (Lipinski definition) is 2. The molecule has 1 saturated carbocycles. The molecule has 0 amide bonds. The minimum Gasteiger partial charge on any atom is -0.507 e. The maximum Gasteiger partial charge on any atom is 0.124 e. The molecule has 2 atom stereocenters.